The third-order valence-electron chi connectivity index (χ3n) is 6.83. The van der Waals surface area contributed by atoms with E-state index >= 15 is 0 Å². The van der Waals surface area contributed by atoms with E-state index in [-0.39, 0.29) is 30.3 Å². The summed E-state index contributed by atoms with van der Waals surface area (Å²) < 4.78 is 6.21. The van der Waals surface area contributed by atoms with Crippen molar-refractivity contribution in [2.24, 2.45) is 11.8 Å². The minimum absolute atomic E-state index is 0.0252. The van der Waals surface area contributed by atoms with E-state index < -0.39 is 0 Å². The van der Waals surface area contributed by atoms with Gasteiger partial charge in [0, 0.05) is 23.9 Å². The van der Waals surface area contributed by atoms with Gasteiger partial charge in [0.05, 0.1) is 12.6 Å². The highest BCUT2D eigenvalue weighted by Crippen LogP contribution is 2.34. The Morgan fingerprint density at radius 3 is 2.67 bits per heavy atom. The summed E-state index contributed by atoms with van der Waals surface area (Å²) in [5.74, 6) is 1.45. The fraction of sp³-hybridized carbons (Fsp3) is 0.556. The Labute approximate surface area is 201 Å². The predicted molar refractivity (Wildman–Crippen MR) is 133 cm³/mol. The van der Waals surface area contributed by atoms with Crippen LogP contribution in [0.4, 0.5) is 0 Å². The van der Waals surface area contributed by atoms with Crippen LogP contribution in [0.5, 0.6) is 5.75 Å². The van der Waals surface area contributed by atoms with Crippen molar-refractivity contribution in [1.29, 1.82) is 0 Å². The topological polar surface area (TPSA) is 49.9 Å². The SMILES string of the molecule is Cc1ccccc1OC[C@H]1c2ccsc2CCN1C(=O)CN(CC(C)C)C(=O)C1CCCC1. The van der Waals surface area contributed by atoms with Crippen LogP contribution in [0.1, 0.15) is 61.6 Å². The van der Waals surface area contributed by atoms with Crippen LogP contribution >= 0.6 is 11.3 Å². The maximum atomic E-state index is 13.6. The highest BCUT2D eigenvalue weighted by molar-refractivity contribution is 7.10. The third-order valence-corrected chi connectivity index (χ3v) is 7.83. The zero-order valence-electron chi connectivity index (χ0n) is 20.1. The number of benzene rings is 1. The van der Waals surface area contributed by atoms with Gasteiger partial charge in [0.25, 0.3) is 0 Å². The van der Waals surface area contributed by atoms with Crippen molar-refractivity contribution in [3.05, 3.63) is 51.7 Å². The van der Waals surface area contributed by atoms with Crippen LogP contribution in [0.15, 0.2) is 35.7 Å². The highest BCUT2D eigenvalue weighted by atomic mass is 32.1. The van der Waals surface area contributed by atoms with Crippen molar-refractivity contribution < 1.29 is 14.3 Å². The highest BCUT2D eigenvalue weighted by Gasteiger charge is 2.35. The average molecular weight is 469 g/mol. The lowest BCUT2D eigenvalue weighted by Gasteiger charge is -2.37. The summed E-state index contributed by atoms with van der Waals surface area (Å²) >= 11 is 1.75. The average Bonchev–Trinajstić information content (AvgIpc) is 3.49. The number of hydrogen-bond acceptors (Lipinski definition) is 4. The maximum Gasteiger partial charge on any atom is 0.242 e. The van der Waals surface area contributed by atoms with Crippen molar-refractivity contribution in [2.45, 2.75) is 58.9 Å². The zero-order chi connectivity index (χ0) is 23.4. The van der Waals surface area contributed by atoms with E-state index in [0.29, 0.717) is 25.6 Å². The van der Waals surface area contributed by atoms with Gasteiger partial charge in [-0.3, -0.25) is 9.59 Å². The first kappa shape index (κ1) is 23.8. The van der Waals surface area contributed by atoms with Gasteiger partial charge in [-0.25, -0.2) is 0 Å². The Morgan fingerprint density at radius 1 is 1.18 bits per heavy atom. The molecular formula is C27H36N2O3S. The van der Waals surface area contributed by atoms with E-state index in [4.69, 9.17) is 4.74 Å². The van der Waals surface area contributed by atoms with Gasteiger partial charge in [0.15, 0.2) is 0 Å². The Bertz CT molecular complexity index is 964. The van der Waals surface area contributed by atoms with E-state index in [0.717, 1.165) is 43.4 Å². The molecule has 178 valence electrons. The number of ether oxygens (including phenoxy) is 1. The van der Waals surface area contributed by atoms with Crippen LogP contribution in [0, 0.1) is 18.8 Å². The second kappa shape index (κ2) is 10.7. The normalized spacial score (nSPS) is 18.4. The van der Waals surface area contributed by atoms with Crippen LogP contribution in [0.25, 0.3) is 0 Å². The fourth-order valence-electron chi connectivity index (χ4n) is 5.12. The van der Waals surface area contributed by atoms with Gasteiger partial charge < -0.3 is 14.5 Å². The number of carbonyl (C=O) groups is 2. The predicted octanol–water partition coefficient (Wildman–Crippen LogP) is 5.24. The number of amides is 2. The van der Waals surface area contributed by atoms with Crippen molar-refractivity contribution in [3.63, 3.8) is 0 Å². The lowest BCUT2D eigenvalue weighted by atomic mass is 10.00. The van der Waals surface area contributed by atoms with E-state index in [2.05, 4.69) is 25.3 Å². The smallest absolute Gasteiger partial charge is 0.242 e. The number of hydrogen-bond donors (Lipinski definition) is 0. The summed E-state index contributed by atoms with van der Waals surface area (Å²) in [5, 5.41) is 2.11. The van der Waals surface area contributed by atoms with Crippen LogP contribution < -0.4 is 4.74 Å². The zero-order valence-corrected chi connectivity index (χ0v) is 20.9. The quantitative estimate of drug-likeness (QED) is 0.533. The third kappa shape index (κ3) is 5.60. The van der Waals surface area contributed by atoms with Crippen LogP contribution in [0.2, 0.25) is 0 Å². The number of aryl methyl sites for hydroxylation is 1. The molecule has 0 N–H and O–H groups in total. The van der Waals surface area contributed by atoms with Gasteiger partial charge >= 0.3 is 0 Å². The van der Waals surface area contributed by atoms with E-state index in [1.807, 2.05) is 41.0 Å². The molecule has 0 unspecified atom stereocenters. The molecule has 1 saturated carbocycles. The summed E-state index contributed by atoms with van der Waals surface area (Å²) in [6.45, 7) is 8.13. The summed E-state index contributed by atoms with van der Waals surface area (Å²) in [6.07, 6.45) is 5.00. The summed E-state index contributed by atoms with van der Waals surface area (Å²) in [4.78, 5) is 31.9. The number of rotatable bonds is 8. The Kier molecular flexibility index (Phi) is 7.74. The largest absolute Gasteiger partial charge is 0.491 e. The molecule has 0 spiro atoms. The number of fused-ring (bicyclic) bond motifs is 1. The Hall–Kier alpha value is -2.34. The van der Waals surface area contributed by atoms with Crippen molar-refractivity contribution >= 4 is 23.2 Å². The second-order valence-corrected chi connectivity index (χ2v) is 10.8. The van der Waals surface area contributed by atoms with Gasteiger partial charge in [-0.05, 0) is 60.7 Å². The van der Waals surface area contributed by atoms with Crippen LogP contribution in [0.3, 0.4) is 0 Å². The first-order valence-electron chi connectivity index (χ1n) is 12.3. The van der Waals surface area contributed by atoms with Crippen LogP contribution in [-0.4, -0.2) is 47.9 Å². The molecule has 0 saturated heterocycles. The van der Waals surface area contributed by atoms with Crippen molar-refractivity contribution in [1.82, 2.24) is 9.80 Å². The molecule has 0 bridgehead atoms. The molecular weight excluding hydrogens is 432 g/mol. The fourth-order valence-corrected chi connectivity index (χ4v) is 6.05. The minimum Gasteiger partial charge on any atom is -0.491 e. The number of thiophene rings is 1. The molecule has 2 heterocycles. The molecule has 1 aromatic carbocycles. The lowest BCUT2D eigenvalue weighted by molar-refractivity contribution is -0.145. The molecule has 4 rings (SSSR count). The standard InChI is InChI=1S/C27H36N2O3S/c1-19(2)16-28(27(31)21-9-5-6-10-21)17-26(30)29-14-12-25-22(13-15-33-25)23(29)18-32-24-11-7-4-8-20(24)3/h4,7-8,11,13,15,19,21,23H,5-6,9-10,12,14,16-18H2,1-3H3/t23-/m0/s1. The molecule has 2 aliphatic rings. The monoisotopic (exact) mass is 468 g/mol. The molecule has 5 nitrogen and oxygen atoms in total. The molecule has 6 heteroatoms. The van der Waals surface area contributed by atoms with Gasteiger partial charge in [-0.2, -0.15) is 0 Å². The minimum atomic E-state index is -0.130. The van der Waals surface area contributed by atoms with Crippen LogP contribution in [-0.2, 0) is 16.0 Å². The van der Waals surface area contributed by atoms with E-state index in [1.165, 1.54) is 10.4 Å². The van der Waals surface area contributed by atoms with Gasteiger partial charge in [-0.1, -0.05) is 44.9 Å². The number of nitrogens with zero attached hydrogens (tertiary/aromatic N) is 2. The maximum absolute atomic E-state index is 13.6. The van der Waals surface area contributed by atoms with Gasteiger partial charge in [0.1, 0.15) is 12.4 Å². The molecule has 2 amide bonds. The number of para-hydroxylation sites is 1. The molecule has 0 radical (unpaired) electrons. The first-order valence-corrected chi connectivity index (χ1v) is 13.1. The van der Waals surface area contributed by atoms with Crippen molar-refractivity contribution in [2.75, 3.05) is 26.2 Å². The van der Waals surface area contributed by atoms with E-state index in [1.54, 1.807) is 11.3 Å². The second-order valence-electron chi connectivity index (χ2n) is 9.82. The van der Waals surface area contributed by atoms with E-state index in [9.17, 15) is 9.59 Å². The summed E-state index contributed by atoms with van der Waals surface area (Å²) in [5.41, 5.74) is 2.27. The number of carbonyl (C=O) groups excluding carboxylic acids is 2. The first-order chi connectivity index (χ1) is 15.9. The van der Waals surface area contributed by atoms with Crippen molar-refractivity contribution in [3.8, 4) is 5.75 Å². The molecule has 1 atom stereocenters. The van der Waals surface area contributed by atoms with Gasteiger partial charge in [-0.15, -0.1) is 11.3 Å². The Balaban J connectivity index is 1.51. The summed E-state index contributed by atoms with van der Waals surface area (Å²) in [6, 6.07) is 9.98. The molecule has 1 aliphatic heterocycles. The molecule has 1 aliphatic carbocycles. The van der Waals surface area contributed by atoms with Gasteiger partial charge in [0.2, 0.25) is 11.8 Å². The molecule has 33 heavy (non-hydrogen) atoms. The molecule has 1 fully saturated rings. The lowest BCUT2D eigenvalue weighted by Crippen LogP contribution is -2.49. The molecule has 1 aromatic heterocycles. The summed E-state index contributed by atoms with van der Waals surface area (Å²) in [7, 11) is 0. The Morgan fingerprint density at radius 2 is 1.94 bits per heavy atom. The molecule has 2 aromatic rings.